The number of rotatable bonds is 5. The molecule has 0 aliphatic rings. The first-order chi connectivity index (χ1) is 9.19. The van der Waals surface area contributed by atoms with Gasteiger partial charge in [0.05, 0.1) is 0 Å². The minimum absolute atomic E-state index is 0.0731. The van der Waals surface area contributed by atoms with Crippen molar-refractivity contribution in [3.8, 4) is 0 Å². The summed E-state index contributed by atoms with van der Waals surface area (Å²) in [7, 11) is 0. The maximum atomic E-state index is 13.5. The van der Waals surface area contributed by atoms with Gasteiger partial charge in [0.2, 0.25) is 11.0 Å². The molecule has 0 bridgehead atoms. The lowest BCUT2D eigenvalue weighted by Crippen LogP contribution is -2.10. The number of nitrogens with zero attached hydrogens (tertiary/aromatic N) is 2. The number of aromatic nitrogens is 2. The van der Waals surface area contributed by atoms with E-state index in [1.165, 1.54) is 17.4 Å². The highest BCUT2D eigenvalue weighted by Gasteiger charge is 2.09. The molecule has 0 atom stereocenters. The van der Waals surface area contributed by atoms with Crippen LogP contribution in [0.2, 0.25) is 0 Å². The van der Waals surface area contributed by atoms with Gasteiger partial charge in [-0.15, -0.1) is 10.2 Å². The summed E-state index contributed by atoms with van der Waals surface area (Å²) in [6, 6.07) is 6.56. The molecule has 0 saturated carbocycles. The Morgan fingerprint density at radius 2 is 2.16 bits per heavy atom. The molecule has 0 fully saturated rings. The number of anilines is 1. The lowest BCUT2D eigenvalue weighted by molar-refractivity contribution is -0.116. The second-order valence-electron chi connectivity index (χ2n) is 4.07. The minimum Gasteiger partial charge on any atom is -0.301 e. The second kappa shape index (κ2) is 6.38. The Hall–Kier alpha value is -1.82. The van der Waals surface area contributed by atoms with Gasteiger partial charge < -0.3 is 5.32 Å². The van der Waals surface area contributed by atoms with Gasteiger partial charge in [0, 0.05) is 12.8 Å². The summed E-state index contributed by atoms with van der Waals surface area (Å²) in [4.78, 5) is 11.4. The van der Waals surface area contributed by atoms with Crippen LogP contribution in [-0.4, -0.2) is 16.1 Å². The number of hydrogen-bond acceptors (Lipinski definition) is 4. The van der Waals surface area contributed by atoms with Crippen LogP contribution in [0.15, 0.2) is 24.3 Å². The van der Waals surface area contributed by atoms with Crippen LogP contribution < -0.4 is 5.32 Å². The molecule has 100 valence electrons. The van der Waals surface area contributed by atoms with Crippen LogP contribution in [-0.2, 0) is 11.2 Å². The van der Waals surface area contributed by atoms with Crippen LogP contribution in [0.25, 0.3) is 0 Å². The smallest absolute Gasteiger partial charge is 0.226 e. The molecule has 1 amide bonds. The number of amides is 1. The van der Waals surface area contributed by atoms with Gasteiger partial charge in [-0.3, -0.25) is 4.79 Å². The van der Waals surface area contributed by atoms with Crippen LogP contribution in [0.1, 0.15) is 30.3 Å². The number of carbonyl (C=O) groups excluding carboxylic acids is 1. The van der Waals surface area contributed by atoms with E-state index >= 15 is 0 Å². The van der Waals surface area contributed by atoms with E-state index in [0.29, 0.717) is 28.5 Å². The van der Waals surface area contributed by atoms with Crippen molar-refractivity contribution in [3.63, 3.8) is 0 Å². The summed E-state index contributed by atoms with van der Waals surface area (Å²) in [5, 5.41) is 11.6. The maximum Gasteiger partial charge on any atom is 0.226 e. The number of nitrogens with one attached hydrogen (secondary N) is 1. The van der Waals surface area contributed by atoms with E-state index in [-0.39, 0.29) is 11.7 Å². The summed E-state index contributed by atoms with van der Waals surface area (Å²) in [5.41, 5.74) is 0.574. The first kappa shape index (κ1) is 13.6. The van der Waals surface area contributed by atoms with Crippen molar-refractivity contribution in [2.24, 2.45) is 0 Å². The van der Waals surface area contributed by atoms with E-state index in [9.17, 15) is 9.18 Å². The van der Waals surface area contributed by atoms with E-state index < -0.39 is 0 Å². The molecule has 1 N–H and O–H groups in total. The molecule has 1 aromatic carbocycles. The standard InChI is InChI=1S/C13H14FN3OS/c1-2-5-11(18)15-13-17-16-12(19-13)8-9-6-3-4-7-10(9)14/h3-4,6-7H,2,5,8H2,1H3,(H,15,17,18). The van der Waals surface area contributed by atoms with Gasteiger partial charge in [0.1, 0.15) is 10.8 Å². The van der Waals surface area contributed by atoms with Gasteiger partial charge in [-0.2, -0.15) is 0 Å². The molecule has 0 radical (unpaired) electrons. The topological polar surface area (TPSA) is 54.9 Å². The Balaban J connectivity index is 2.02. The molecule has 1 heterocycles. The molecule has 2 rings (SSSR count). The van der Waals surface area contributed by atoms with E-state index in [2.05, 4.69) is 15.5 Å². The zero-order chi connectivity index (χ0) is 13.7. The summed E-state index contributed by atoms with van der Waals surface area (Å²) < 4.78 is 13.5. The zero-order valence-corrected chi connectivity index (χ0v) is 11.3. The predicted molar refractivity (Wildman–Crippen MR) is 72.7 cm³/mol. The zero-order valence-electron chi connectivity index (χ0n) is 10.5. The number of halogens is 1. The van der Waals surface area contributed by atoms with Crippen LogP contribution in [0.4, 0.5) is 9.52 Å². The molecule has 0 saturated heterocycles. The van der Waals surface area contributed by atoms with E-state index in [0.717, 1.165) is 6.42 Å². The van der Waals surface area contributed by atoms with Crippen LogP contribution in [0, 0.1) is 5.82 Å². The monoisotopic (exact) mass is 279 g/mol. The number of carbonyl (C=O) groups is 1. The summed E-state index contributed by atoms with van der Waals surface area (Å²) in [5.74, 6) is -0.328. The summed E-state index contributed by atoms with van der Waals surface area (Å²) in [6.07, 6.45) is 1.63. The van der Waals surface area contributed by atoms with E-state index in [1.807, 2.05) is 6.92 Å². The van der Waals surface area contributed by atoms with Gasteiger partial charge in [-0.1, -0.05) is 36.5 Å². The highest BCUT2D eigenvalue weighted by Crippen LogP contribution is 2.20. The molecule has 1 aromatic heterocycles. The Kier molecular flexibility index (Phi) is 4.57. The Bertz CT molecular complexity index is 571. The fourth-order valence-electron chi connectivity index (χ4n) is 1.59. The minimum atomic E-state index is -0.255. The van der Waals surface area contributed by atoms with E-state index in [1.54, 1.807) is 18.2 Å². The van der Waals surface area contributed by atoms with E-state index in [4.69, 9.17) is 0 Å². The van der Waals surface area contributed by atoms with Crippen molar-refractivity contribution in [2.75, 3.05) is 5.32 Å². The molecular weight excluding hydrogens is 265 g/mol. The van der Waals surface area contributed by atoms with Crippen molar-refractivity contribution in [2.45, 2.75) is 26.2 Å². The number of hydrogen-bond donors (Lipinski definition) is 1. The molecule has 6 heteroatoms. The van der Waals surface area contributed by atoms with Crippen LogP contribution >= 0.6 is 11.3 Å². The third-order valence-corrected chi connectivity index (χ3v) is 3.33. The quantitative estimate of drug-likeness (QED) is 0.915. The lowest BCUT2D eigenvalue weighted by Gasteiger charge is -1.98. The van der Waals surface area contributed by atoms with Crippen LogP contribution in [0.3, 0.4) is 0 Å². The molecule has 2 aromatic rings. The number of benzene rings is 1. The maximum absolute atomic E-state index is 13.5. The third kappa shape index (κ3) is 3.82. The molecule has 4 nitrogen and oxygen atoms in total. The van der Waals surface area contributed by atoms with Gasteiger partial charge in [0.15, 0.2) is 0 Å². The fraction of sp³-hybridized carbons (Fsp3) is 0.308. The van der Waals surface area contributed by atoms with Crippen molar-refractivity contribution >= 4 is 22.4 Å². The summed E-state index contributed by atoms with van der Waals surface area (Å²) >= 11 is 1.27. The van der Waals surface area contributed by atoms with Crippen molar-refractivity contribution in [1.29, 1.82) is 0 Å². The molecule has 0 aliphatic carbocycles. The van der Waals surface area contributed by atoms with Crippen molar-refractivity contribution in [1.82, 2.24) is 10.2 Å². The average Bonchev–Trinajstić information content (AvgIpc) is 2.80. The largest absolute Gasteiger partial charge is 0.301 e. The normalized spacial score (nSPS) is 10.4. The Morgan fingerprint density at radius 1 is 1.37 bits per heavy atom. The van der Waals surface area contributed by atoms with Gasteiger partial charge >= 0.3 is 0 Å². The predicted octanol–water partition coefficient (Wildman–Crippen LogP) is 3.01. The van der Waals surface area contributed by atoms with Gasteiger partial charge in [-0.25, -0.2) is 4.39 Å². The molecule has 19 heavy (non-hydrogen) atoms. The molecule has 0 unspecified atom stereocenters. The first-order valence-electron chi connectivity index (χ1n) is 6.04. The van der Waals surface area contributed by atoms with Crippen molar-refractivity contribution < 1.29 is 9.18 Å². The lowest BCUT2D eigenvalue weighted by atomic mass is 10.1. The highest BCUT2D eigenvalue weighted by atomic mass is 32.1. The first-order valence-corrected chi connectivity index (χ1v) is 6.86. The molecule has 0 spiro atoms. The fourth-order valence-corrected chi connectivity index (χ4v) is 2.37. The SMILES string of the molecule is CCCC(=O)Nc1nnc(Cc2ccccc2F)s1. The highest BCUT2D eigenvalue weighted by molar-refractivity contribution is 7.15. The molecular formula is C13H14FN3OS. The Labute approximate surface area is 114 Å². The average molecular weight is 279 g/mol. The second-order valence-corrected chi connectivity index (χ2v) is 5.13. The molecule has 0 aliphatic heterocycles. The Morgan fingerprint density at radius 3 is 2.89 bits per heavy atom. The van der Waals surface area contributed by atoms with Gasteiger partial charge in [0.25, 0.3) is 0 Å². The third-order valence-electron chi connectivity index (χ3n) is 2.49. The summed E-state index contributed by atoms with van der Waals surface area (Å²) in [6.45, 7) is 1.93. The van der Waals surface area contributed by atoms with Crippen LogP contribution in [0.5, 0.6) is 0 Å². The van der Waals surface area contributed by atoms with Crippen molar-refractivity contribution in [3.05, 3.63) is 40.7 Å². The van der Waals surface area contributed by atoms with Gasteiger partial charge in [-0.05, 0) is 18.1 Å².